The lowest BCUT2D eigenvalue weighted by molar-refractivity contribution is -0.131. The van der Waals surface area contributed by atoms with Crippen molar-refractivity contribution in [1.29, 1.82) is 0 Å². The summed E-state index contributed by atoms with van der Waals surface area (Å²) in [6, 6.07) is 5.12. The second-order valence-corrected chi connectivity index (χ2v) is 12.9. The lowest BCUT2D eigenvalue weighted by Crippen LogP contribution is -2.25. The number of thioether (sulfide) groups is 1. The standard InChI is InChI=1S/C22H30N2O4S3/c1-4-5-6-7-8-17-14-18(20(21(25)26)30(17)22-23-11-12-29-22)24-31(27,28)19-10-9-15(2)13-16(19)3/h9-10,13-14,24,30H,4-8,11-12H2,1-3H3,(H,25,26). The van der Waals surface area contributed by atoms with Crippen molar-refractivity contribution in [1.82, 2.24) is 4.72 Å². The molecule has 2 aliphatic rings. The Morgan fingerprint density at radius 3 is 2.65 bits per heavy atom. The molecule has 0 saturated heterocycles. The fourth-order valence-electron chi connectivity index (χ4n) is 3.75. The van der Waals surface area contributed by atoms with Crippen LogP contribution in [0.1, 0.15) is 50.2 Å². The molecule has 31 heavy (non-hydrogen) atoms. The number of aliphatic imine (C=N–C) groups is 1. The van der Waals surface area contributed by atoms with Crippen molar-refractivity contribution < 1.29 is 18.3 Å². The summed E-state index contributed by atoms with van der Waals surface area (Å²) in [4.78, 5) is 18.1. The van der Waals surface area contributed by atoms with Crippen molar-refractivity contribution in [3.05, 3.63) is 50.9 Å². The summed E-state index contributed by atoms with van der Waals surface area (Å²) in [5.41, 5.74) is 1.78. The zero-order chi connectivity index (χ0) is 22.6. The van der Waals surface area contributed by atoms with E-state index in [2.05, 4.69) is 16.6 Å². The highest BCUT2D eigenvalue weighted by Gasteiger charge is 2.35. The summed E-state index contributed by atoms with van der Waals surface area (Å²) in [6.45, 7) is 6.47. The first-order valence-electron chi connectivity index (χ1n) is 10.5. The van der Waals surface area contributed by atoms with Crippen molar-refractivity contribution in [3.8, 4) is 0 Å². The number of nitrogens with zero attached hydrogens (tertiary/aromatic N) is 1. The van der Waals surface area contributed by atoms with Gasteiger partial charge in [-0.1, -0.05) is 55.6 Å². The number of allylic oxidation sites excluding steroid dienone is 2. The second-order valence-electron chi connectivity index (χ2n) is 7.74. The predicted molar refractivity (Wildman–Crippen MR) is 131 cm³/mol. The van der Waals surface area contributed by atoms with Gasteiger partial charge in [0.1, 0.15) is 9.28 Å². The number of carboxylic acids is 1. The number of nitrogens with one attached hydrogen (secondary N) is 1. The Morgan fingerprint density at radius 2 is 2.03 bits per heavy atom. The predicted octanol–water partition coefficient (Wildman–Crippen LogP) is 4.85. The summed E-state index contributed by atoms with van der Waals surface area (Å²) in [5.74, 6) is -0.243. The molecule has 6 nitrogen and oxygen atoms in total. The summed E-state index contributed by atoms with van der Waals surface area (Å²) in [7, 11) is -5.19. The van der Waals surface area contributed by atoms with Crippen LogP contribution in [0.5, 0.6) is 0 Å². The number of rotatable bonds is 9. The Morgan fingerprint density at radius 1 is 1.26 bits per heavy atom. The lowest BCUT2D eigenvalue weighted by Gasteiger charge is -2.21. The molecule has 1 unspecified atom stereocenters. The van der Waals surface area contributed by atoms with Crippen LogP contribution in [0.4, 0.5) is 0 Å². The average Bonchev–Trinajstić information content (AvgIpc) is 3.32. The van der Waals surface area contributed by atoms with Crippen LogP contribution in [0.25, 0.3) is 0 Å². The number of hydrogen-bond donors (Lipinski definition) is 3. The average molecular weight is 483 g/mol. The molecule has 0 amide bonds. The van der Waals surface area contributed by atoms with E-state index in [4.69, 9.17) is 0 Å². The van der Waals surface area contributed by atoms with Crippen LogP contribution < -0.4 is 4.72 Å². The van der Waals surface area contributed by atoms with E-state index in [9.17, 15) is 18.3 Å². The quantitative estimate of drug-likeness (QED) is 0.345. The fourth-order valence-corrected chi connectivity index (χ4v) is 9.24. The molecule has 0 bridgehead atoms. The van der Waals surface area contributed by atoms with Gasteiger partial charge in [0.15, 0.2) is 0 Å². The minimum Gasteiger partial charge on any atom is -0.477 e. The number of benzene rings is 1. The molecule has 3 rings (SSSR count). The molecule has 0 radical (unpaired) electrons. The van der Waals surface area contributed by atoms with Crippen LogP contribution in [-0.4, -0.2) is 36.2 Å². The Balaban J connectivity index is 1.97. The van der Waals surface area contributed by atoms with Gasteiger partial charge in [0.25, 0.3) is 10.0 Å². The van der Waals surface area contributed by atoms with Gasteiger partial charge in [-0.15, -0.1) is 10.9 Å². The van der Waals surface area contributed by atoms with Gasteiger partial charge in [-0.2, -0.15) is 0 Å². The van der Waals surface area contributed by atoms with Gasteiger partial charge in [0.05, 0.1) is 17.1 Å². The van der Waals surface area contributed by atoms with Crippen molar-refractivity contribution in [2.75, 3.05) is 12.3 Å². The fraction of sp³-hybridized carbons (Fsp3) is 0.455. The van der Waals surface area contributed by atoms with Crippen LogP contribution in [0.2, 0.25) is 0 Å². The van der Waals surface area contributed by atoms with E-state index in [-0.39, 0.29) is 15.5 Å². The van der Waals surface area contributed by atoms with Crippen molar-refractivity contribution >= 4 is 43.0 Å². The molecular weight excluding hydrogens is 452 g/mol. The zero-order valence-electron chi connectivity index (χ0n) is 18.1. The molecule has 1 aromatic rings. The molecule has 2 N–H and O–H groups in total. The molecule has 0 fully saturated rings. The third-order valence-corrected chi connectivity index (χ3v) is 10.8. The number of thiol groups is 1. The molecule has 2 heterocycles. The van der Waals surface area contributed by atoms with Gasteiger partial charge in [-0.3, -0.25) is 9.71 Å². The van der Waals surface area contributed by atoms with Gasteiger partial charge in [0, 0.05) is 5.75 Å². The molecule has 0 aliphatic carbocycles. The number of unbranched alkanes of at least 4 members (excludes halogenated alkanes) is 3. The van der Waals surface area contributed by atoms with Gasteiger partial charge >= 0.3 is 5.97 Å². The molecule has 9 heteroatoms. The Labute approximate surface area is 191 Å². The van der Waals surface area contributed by atoms with Crippen LogP contribution in [0.3, 0.4) is 0 Å². The van der Waals surface area contributed by atoms with Crippen molar-refractivity contribution in [2.45, 2.75) is 57.8 Å². The molecule has 0 saturated carbocycles. The molecule has 2 aliphatic heterocycles. The molecule has 0 spiro atoms. The summed E-state index contributed by atoms with van der Waals surface area (Å²) in [6.07, 6.45) is 6.80. The smallest absolute Gasteiger partial charge is 0.343 e. The third-order valence-electron chi connectivity index (χ3n) is 5.19. The molecule has 1 aromatic carbocycles. The second kappa shape index (κ2) is 10.3. The number of hydrogen-bond acceptors (Lipinski definition) is 5. The number of sulfonamides is 1. The highest BCUT2D eigenvalue weighted by Crippen LogP contribution is 2.56. The number of aliphatic carboxylic acids is 1. The highest BCUT2D eigenvalue weighted by atomic mass is 32.2. The maximum Gasteiger partial charge on any atom is 0.343 e. The lowest BCUT2D eigenvalue weighted by atomic mass is 10.1. The van der Waals surface area contributed by atoms with Crippen LogP contribution in [0, 0.1) is 13.8 Å². The van der Waals surface area contributed by atoms with Crippen LogP contribution >= 0.6 is 22.7 Å². The van der Waals surface area contributed by atoms with E-state index in [0.717, 1.165) is 52.7 Å². The number of aryl methyl sites for hydroxylation is 2. The zero-order valence-corrected chi connectivity index (χ0v) is 20.7. The largest absolute Gasteiger partial charge is 0.477 e. The van der Waals surface area contributed by atoms with E-state index < -0.39 is 26.9 Å². The Bertz CT molecular complexity index is 1060. The summed E-state index contributed by atoms with van der Waals surface area (Å²) >= 11 is 1.59. The van der Waals surface area contributed by atoms with Crippen molar-refractivity contribution in [3.63, 3.8) is 0 Å². The van der Waals surface area contributed by atoms with E-state index >= 15 is 0 Å². The number of carboxylic acid groups (broad SMARTS) is 1. The molecule has 170 valence electrons. The highest BCUT2D eigenvalue weighted by molar-refractivity contribution is 8.51. The van der Waals surface area contributed by atoms with E-state index in [0.29, 0.717) is 12.1 Å². The third kappa shape index (κ3) is 5.56. The topological polar surface area (TPSA) is 95.8 Å². The summed E-state index contributed by atoms with van der Waals surface area (Å²) in [5, 5.41) is 10.0. The molecule has 1 atom stereocenters. The first-order valence-corrected chi connectivity index (χ1v) is 14.3. The minimum atomic E-state index is -3.91. The van der Waals surface area contributed by atoms with E-state index in [1.54, 1.807) is 36.9 Å². The molecular formula is C22H30N2O4S3. The number of carbonyl (C=O) groups is 1. The van der Waals surface area contributed by atoms with Gasteiger partial charge in [-0.05, 0) is 49.3 Å². The first-order chi connectivity index (χ1) is 14.7. The monoisotopic (exact) mass is 482 g/mol. The molecule has 0 aromatic heterocycles. The van der Waals surface area contributed by atoms with E-state index in [1.807, 2.05) is 13.0 Å². The maximum absolute atomic E-state index is 13.1. The van der Waals surface area contributed by atoms with Gasteiger partial charge in [0.2, 0.25) is 0 Å². The Kier molecular flexibility index (Phi) is 7.93. The van der Waals surface area contributed by atoms with Gasteiger partial charge in [-0.25, -0.2) is 13.2 Å². The normalized spacial score (nSPS) is 20.0. The SMILES string of the molecule is CCCCCCC1=CC(NS(=O)(=O)c2ccc(C)cc2C)=C(C(=O)O)[SH]1C1=NCCS1. The van der Waals surface area contributed by atoms with Crippen LogP contribution in [0.15, 0.2) is 49.7 Å². The summed E-state index contributed by atoms with van der Waals surface area (Å²) < 4.78 is 29.7. The van der Waals surface area contributed by atoms with Crippen LogP contribution in [-0.2, 0) is 14.8 Å². The van der Waals surface area contributed by atoms with Crippen molar-refractivity contribution in [2.24, 2.45) is 4.99 Å². The Hall–Kier alpha value is -1.71. The van der Waals surface area contributed by atoms with E-state index in [1.165, 1.54) is 0 Å². The minimum absolute atomic E-state index is 0.141. The van der Waals surface area contributed by atoms with Gasteiger partial charge < -0.3 is 5.11 Å². The maximum atomic E-state index is 13.1. The first kappa shape index (κ1) is 23.9.